The van der Waals surface area contributed by atoms with E-state index < -0.39 is 8.07 Å². The van der Waals surface area contributed by atoms with Crippen LogP contribution in [-0.2, 0) is 0 Å². The van der Waals surface area contributed by atoms with Crippen molar-refractivity contribution in [3.63, 3.8) is 0 Å². The largest absolute Gasteiger partial charge is 0.124 e. The molecule has 2 heteroatoms. The van der Waals surface area contributed by atoms with E-state index in [1.807, 2.05) is 0 Å². The average Bonchev–Trinajstić information content (AvgIpc) is 1.59. The molecule has 0 aromatic carbocycles. The maximum Gasteiger partial charge on any atom is 0.124 e. The van der Waals surface area contributed by atoms with E-state index in [4.69, 9.17) is 0 Å². The molecule has 0 saturated heterocycles. The third-order valence-electron chi connectivity index (χ3n) is 0.754. The van der Waals surface area contributed by atoms with Crippen LogP contribution in [0.3, 0.4) is 0 Å². The van der Waals surface area contributed by atoms with Gasteiger partial charge in [0.15, 0.2) is 0 Å². The molecule has 0 aromatic rings. The highest BCUT2D eigenvalue weighted by Gasteiger charge is 2.04. The predicted molar refractivity (Wildman–Crippen MR) is 43.0 cm³/mol. The minimum atomic E-state index is -0.872. The van der Waals surface area contributed by atoms with E-state index in [0.717, 1.165) is 5.28 Å². The van der Waals surface area contributed by atoms with Gasteiger partial charge in [0.1, 0.15) is 16.3 Å². The van der Waals surface area contributed by atoms with Gasteiger partial charge in [-0.1, -0.05) is 19.6 Å². The van der Waals surface area contributed by atoms with Gasteiger partial charge in [-0.05, 0) is 0 Å². The standard InChI is InChI=1S/C6H13Si.Al/c1-5-6-7(2,3)4;/h5-6H,1H2,2-4H3;. The zero-order valence-electron chi connectivity index (χ0n) is 5.94. The van der Waals surface area contributed by atoms with Crippen LogP contribution in [0.25, 0.3) is 0 Å². The summed E-state index contributed by atoms with van der Waals surface area (Å²) in [5.74, 6) is 0. The van der Waals surface area contributed by atoms with Gasteiger partial charge >= 0.3 is 0 Å². The lowest BCUT2D eigenvalue weighted by Gasteiger charge is -2.06. The van der Waals surface area contributed by atoms with Crippen molar-refractivity contribution in [3.8, 4) is 0 Å². The molecular weight excluding hydrogens is 127 g/mol. The molecule has 2 radical (unpaired) electrons. The van der Waals surface area contributed by atoms with Crippen molar-refractivity contribution in [2.24, 2.45) is 0 Å². The fraction of sp³-hybridized carbons (Fsp3) is 0.667. The Morgan fingerprint density at radius 1 is 1.38 bits per heavy atom. The molecule has 0 atom stereocenters. The van der Waals surface area contributed by atoms with Crippen molar-refractivity contribution < 1.29 is 0 Å². The van der Waals surface area contributed by atoms with E-state index in [-0.39, 0.29) is 0 Å². The molecule has 0 aliphatic carbocycles. The Labute approximate surface area is 61.4 Å². The fourth-order valence-electron chi connectivity index (χ4n) is 0.422. The van der Waals surface area contributed by atoms with Gasteiger partial charge in [-0.3, -0.25) is 0 Å². The first-order valence-electron chi connectivity index (χ1n) is 2.94. The van der Waals surface area contributed by atoms with E-state index in [0.29, 0.717) is 0 Å². The molecule has 0 rings (SSSR count). The van der Waals surface area contributed by atoms with E-state index in [1.54, 1.807) is 0 Å². The normalized spacial score (nSPS) is 12.9. The van der Waals surface area contributed by atoms with Crippen molar-refractivity contribution in [2.45, 2.75) is 24.9 Å². The van der Waals surface area contributed by atoms with Gasteiger partial charge in [0.25, 0.3) is 0 Å². The van der Waals surface area contributed by atoms with Crippen molar-refractivity contribution in [2.75, 3.05) is 0 Å². The summed E-state index contributed by atoms with van der Waals surface area (Å²) in [6.45, 7) is 7.01. The molecule has 0 heterocycles. The minimum Gasteiger partial charge on any atom is -0.108 e. The van der Waals surface area contributed by atoms with Crippen molar-refractivity contribution in [3.05, 3.63) is 11.8 Å². The first-order chi connectivity index (χ1) is 3.56. The third-order valence-corrected chi connectivity index (χ3v) is 2.26. The zero-order chi connectivity index (χ0) is 6.62. The van der Waals surface area contributed by atoms with Gasteiger partial charge in [-0.15, -0.1) is 17.1 Å². The van der Waals surface area contributed by atoms with Gasteiger partial charge in [0.05, 0.1) is 8.07 Å². The first kappa shape index (κ1) is 8.49. The molecule has 0 aromatic heterocycles. The highest BCUT2D eigenvalue weighted by Crippen LogP contribution is 2.01. The smallest absolute Gasteiger partial charge is 0.108 e. The Balaban J connectivity index is 3.52. The molecule has 0 unspecified atom stereocenters. The molecule has 0 bridgehead atoms. The quantitative estimate of drug-likeness (QED) is 0.515. The van der Waals surface area contributed by atoms with Crippen molar-refractivity contribution in [1.29, 1.82) is 0 Å². The van der Waals surface area contributed by atoms with Crippen LogP contribution in [0, 0.1) is 0 Å². The van der Waals surface area contributed by atoms with E-state index >= 15 is 0 Å². The van der Waals surface area contributed by atoms with Gasteiger partial charge in [-0.25, -0.2) is 0 Å². The maximum atomic E-state index is 2.69. The minimum absolute atomic E-state index is 0.872. The SMILES string of the molecule is C[Si](C)(C)C=C[CH2][Al]. The number of hydrogen-bond acceptors (Lipinski definition) is 0. The predicted octanol–water partition coefficient (Wildman–Crippen LogP) is 2.01. The van der Waals surface area contributed by atoms with Crippen LogP contribution in [0.2, 0.25) is 24.9 Å². The number of rotatable bonds is 2. The Hall–Kier alpha value is 0.489. The maximum absolute atomic E-state index is 2.69. The van der Waals surface area contributed by atoms with Crippen LogP contribution in [-0.4, -0.2) is 24.4 Å². The zero-order valence-corrected chi connectivity index (χ0v) is 8.09. The van der Waals surface area contributed by atoms with Crippen molar-refractivity contribution >= 4 is 24.4 Å². The number of allylic oxidation sites excluding steroid dienone is 1. The van der Waals surface area contributed by atoms with Crippen LogP contribution in [0.5, 0.6) is 0 Å². The monoisotopic (exact) mass is 140 g/mol. The molecule has 0 aliphatic heterocycles. The molecular formula is C6H13AlSi. The molecule has 0 N–H and O–H groups in total. The highest BCUT2D eigenvalue weighted by atomic mass is 28.3. The lowest BCUT2D eigenvalue weighted by Crippen LogP contribution is -2.15. The van der Waals surface area contributed by atoms with Crippen LogP contribution in [0.1, 0.15) is 0 Å². The second-order valence-corrected chi connectivity index (χ2v) is 8.54. The topological polar surface area (TPSA) is 0 Å². The van der Waals surface area contributed by atoms with Crippen molar-refractivity contribution in [1.82, 2.24) is 0 Å². The molecule has 0 aliphatic rings. The summed E-state index contributed by atoms with van der Waals surface area (Å²) in [5.41, 5.74) is 2.36. The highest BCUT2D eigenvalue weighted by molar-refractivity contribution is 6.80. The molecule has 0 spiro atoms. The van der Waals surface area contributed by atoms with Gasteiger partial charge in [0, 0.05) is 0 Å². The van der Waals surface area contributed by atoms with E-state index in [9.17, 15) is 0 Å². The van der Waals surface area contributed by atoms with Gasteiger partial charge in [0.2, 0.25) is 0 Å². The summed E-state index contributed by atoms with van der Waals surface area (Å²) in [6.07, 6.45) is 2.23. The summed E-state index contributed by atoms with van der Waals surface area (Å²) < 4.78 is 0. The summed E-state index contributed by atoms with van der Waals surface area (Å²) in [6, 6.07) is 0. The lowest BCUT2D eigenvalue weighted by atomic mass is 10.8. The summed E-state index contributed by atoms with van der Waals surface area (Å²) in [5, 5.41) is 1.10. The van der Waals surface area contributed by atoms with Crippen LogP contribution in [0.4, 0.5) is 0 Å². The van der Waals surface area contributed by atoms with E-state index in [2.05, 4.69) is 47.7 Å². The molecule has 0 saturated carbocycles. The average molecular weight is 140 g/mol. The summed E-state index contributed by atoms with van der Waals surface area (Å²) in [4.78, 5) is 0. The molecule has 8 heavy (non-hydrogen) atoms. The Bertz CT molecular complexity index is 81.0. The molecule has 0 fully saturated rings. The third kappa shape index (κ3) is 6.49. The van der Waals surface area contributed by atoms with Crippen LogP contribution >= 0.6 is 0 Å². The van der Waals surface area contributed by atoms with Gasteiger partial charge < -0.3 is 0 Å². The number of hydrogen-bond donors (Lipinski definition) is 0. The Kier molecular flexibility index (Phi) is 3.72. The lowest BCUT2D eigenvalue weighted by molar-refractivity contribution is 1.68. The Morgan fingerprint density at radius 3 is 2.00 bits per heavy atom. The summed E-state index contributed by atoms with van der Waals surface area (Å²) in [7, 11) is -0.872. The van der Waals surface area contributed by atoms with E-state index in [1.165, 1.54) is 0 Å². The Morgan fingerprint density at radius 2 is 1.88 bits per heavy atom. The van der Waals surface area contributed by atoms with Crippen LogP contribution in [0.15, 0.2) is 11.8 Å². The summed E-state index contributed by atoms with van der Waals surface area (Å²) >= 11 is 2.69. The fourth-order valence-corrected chi connectivity index (χ4v) is 1.67. The van der Waals surface area contributed by atoms with Crippen LogP contribution < -0.4 is 0 Å². The molecule has 44 valence electrons. The second-order valence-electron chi connectivity index (χ2n) is 3.00. The first-order valence-corrected chi connectivity index (χ1v) is 7.33. The molecule has 0 amide bonds. The molecule has 0 nitrogen and oxygen atoms in total. The van der Waals surface area contributed by atoms with Gasteiger partial charge in [-0.2, -0.15) is 0 Å². The second kappa shape index (κ2) is 3.50.